The van der Waals surface area contributed by atoms with Crippen molar-refractivity contribution in [2.24, 2.45) is 0 Å². The zero-order chi connectivity index (χ0) is 14.4. The molecule has 0 fully saturated rings. The third-order valence-electron chi connectivity index (χ3n) is 3.49. The van der Waals surface area contributed by atoms with Crippen LogP contribution in [0, 0.1) is 5.82 Å². The molecule has 2 nitrogen and oxygen atoms in total. The van der Waals surface area contributed by atoms with Crippen molar-refractivity contribution in [1.82, 2.24) is 5.32 Å². The summed E-state index contributed by atoms with van der Waals surface area (Å²) in [5, 5.41) is 3.51. The Kier molecular flexibility index (Phi) is 5.36. The molecule has 1 atom stereocenters. The maximum Gasteiger partial charge on any atom is 0.134 e. The molecular weight excluding hydrogens is 253 g/mol. The minimum atomic E-state index is -0.229. The highest BCUT2D eigenvalue weighted by atomic mass is 19.1. The van der Waals surface area contributed by atoms with Crippen molar-refractivity contribution >= 4 is 0 Å². The third-order valence-corrected chi connectivity index (χ3v) is 3.49. The number of hydrogen-bond donors (Lipinski definition) is 1. The van der Waals surface area contributed by atoms with Gasteiger partial charge in [-0.05, 0) is 49.2 Å². The molecule has 2 aromatic rings. The van der Waals surface area contributed by atoms with E-state index in [1.54, 1.807) is 12.1 Å². The van der Waals surface area contributed by atoms with Crippen molar-refractivity contribution in [2.75, 3.05) is 0 Å². The van der Waals surface area contributed by atoms with Crippen LogP contribution in [-0.4, -0.2) is 6.04 Å². The molecule has 2 rings (SSSR count). The smallest absolute Gasteiger partial charge is 0.134 e. The second-order valence-electron chi connectivity index (χ2n) is 5.05. The second-order valence-corrected chi connectivity index (χ2v) is 5.05. The molecule has 0 bridgehead atoms. The van der Waals surface area contributed by atoms with Crippen molar-refractivity contribution in [2.45, 2.75) is 45.7 Å². The van der Waals surface area contributed by atoms with E-state index < -0.39 is 0 Å². The molecule has 1 heterocycles. The Hall–Kier alpha value is -1.61. The molecule has 1 unspecified atom stereocenters. The fourth-order valence-corrected chi connectivity index (χ4v) is 2.29. The van der Waals surface area contributed by atoms with Crippen LogP contribution >= 0.6 is 0 Å². The van der Waals surface area contributed by atoms with Gasteiger partial charge in [0.2, 0.25) is 0 Å². The highest BCUT2D eigenvalue weighted by Crippen LogP contribution is 2.22. The van der Waals surface area contributed by atoms with E-state index in [9.17, 15) is 4.39 Å². The normalized spacial score (nSPS) is 12.6. The van der Waals surface area contributed by atoms with E-state index >= 15 is 0 Å². The Labute approximate surface area is 120 Å². The monoisotopic (exact) mass is 275 g/mol. The Morgan fingerprint density at radius 3 is 2.50 bits per heavy atom. The minimum Gasteiger partial charge on any atom is -0.460 e. The van der Waals surface area contributed by atoms with Crippen LogP contribution in [0.2, 0.25) is 0 Å². The molecule has 0 spiro atoms. The summed E-state index contributed by atoms with van der Waals surface area (Å²) >= 11 is 0. The summed E-state index contributed by atoms with van der Waals surface area (Å²) in [4.78, 5) is 0. The van der Waals surface area contributed by atoms with Gasteiger partial charge in [-0.3, -0.25) is 0 Å². The van der Waals surface area contributed by atoms with E-state index in [4.69, 9.17) is 4.42 Å². The largest absolute Gasteiger partial charge is 0.460 e. The van der Waals surface area contributed by atoms with Gasteiger partial charge in [0.25, 0.3) is 0 Å². The van der Waals surface area contributed by atoms with E-state index in [2.05, 4.69) is 19.2 Å². The lowest BCUT2D eigenvalue weighted by Crippen LogP contribution is -2.27. The van der Waals surface area contributed by atoms with Gasteiger partial charge in [0.15, 0.2) is 0 Å². The first kappa shape index (κ1) is 14.8. The van der Waals surface area contributed by atoms with E-state index in [0.717, 1.165) is 30.0 Å². The molecule has 0 aliphatic carbocycles. The second kappa shape index (κ2) is 7.25. The number of rotatable bonds is 7. The maximum absolute atomic E-state index is 12.9. The predicted octanol–water partition coefficient (Wildman–Crippen LogP) is 4.75. The first-order valence-corrected chi connectivity index (χ1v) is 7.31. The molecule has 0 aliphatic heterocycles. The summed E-state index contributed by atoms with van der Waals surface area (Å²) in [5.74, 6) is 1.47. The fraction of sp³-hybridized carbons (Fsp3) is 0.412. The van der Waals surface area contributed by atoms with E-state index in [0.29, 0.717) is 6.04 Å². The van der Waals surface area contributed by atoms with Gasteiger partial charge >= 0.3 is 0 Å². The molecule has 0 amide bonds. The quantitative estimate of drug-likeness (QED) is 0.788. The third kappa shape index (κ3) is 3.94. The lowest BCUT2D eigenvalue weighted by atomic mass is 10.1. The Bertz CT molecular complexity index is 518. The number of halogens is 1. The Balaban J connectivity index is 1.96. The highest BCUT2D eigenvalue weighted by Gasteiger charge is 2.08. The van der Waals surface area contributed by atoms with Crippen LogP contribution in [0.4, 0.5) is 4.39 Å². The van der Waals surface area contributed by atoms with Gasteiger partial charge in [0.1, 0.15) is 17.3 Å². The average Bonchev–Trinajstić information content (AvgIpc) is 2.93. The molecule has 1 N–H and O–H groups in total. The summed E-state index contributed by atoms with van der Waals surface area (Å²) in [5.41, 5.74) is 0.901. The van der Waals surface area contributed by atoms with Gasteiger partial charge in [-0.25, -0.2) is 4.39 Å². The maximum atomic E-state index is 12.9. The van der Waals surface area contributed by atoms with Crippen molar-refractivity contribution in [3.63, 3.8) is 0 Å². The number of furan rings is 1. The van der Waals surface area contributed by atoms with Crippen LogP contribution in [0.25, 0.3) is 11.3 Å². The summed E-state index contributed by atoms with van der Waals surface area (Å²) in [6, 6.07) is 10.8. The lowest BCUT2D eigenvalue weighted by molar-refractivity contribution is 0.422. The molecule has 1 aromatic carbocycles. The highest BCUT2D eigenvalue weighted by molar-refractivity contribution is 5.57. The topological polar surface area (TPSA) is 25.2 Å². The zero-order valence-electron chi connectivity index (χ0n) is 12.2. The molecule has 20 heavy (non-hydrogen) atoms. The first-order chi connectivity index (χ1) is 9.72. The van der Waals surface area contributed by atoms with Gasteiger partial charge < -0.3 is 9.73 Å². The minimum absolute atomic E-state index is 0.229. The van der Waals surface area contributed by atoms with Crippen LogP contribution in [-0.2, 0) is 6.54 Å². The van der Waals surface area contributed by atoms with Gasteiger partial charge in [0.05, 0.1) is 6.54 Å². The Morgan fingerprint density at radius 1 is 1.10 bits per heavy atom. The van der Waals surface area contributed by atoms with Crippen LogP contribution in [0.15, 0.2) is 40.8 Å². The summed E-state index contributed by atoms with van der Waals surface area (Å²) in [6.45, 7) is 5.13. The lowest BCUT2D eigenvalue weighted by Gasteiger charge is -2.14. The molecule has 3 heteroatoms. The van der Waals surface area contributed by atoms with Crippen molar-refractivity contribution < 1.29 is 8.81 Å². The van der Waals surface area contributed by atoms with E-state index in [-0.39, 0.29) is 5.82 Å². The van der Waals surface area contributed by atoms with Crippen LogP contribution < -0.4 is 5.32 Å². The van der Waals surface area contributed by atoms with Crippen LogP contribution in [0.1, 0.15) is 38.9 Å². The van der Waals surface area contributed by atoms with E-state index in [1.165, 1.54) is 25.0 Å². The van der Waals surface area contributed by atoms with Crippen molar-refractivity contribution in [3.8, 4) is 11.3 Å². The van der Waals surface area contributed by atoms with Gasteiger partial charge in [-0.2, -0.15) is 0 Å². The number of benzene rings is 1. The summed E-state index contributed by atoms with van der Waals surface area (Å²) in [7, 11) is 0. The molecule has 108 valence electrons. The zero-order valence-corrected chi connectivity index (χ0v) is 12.2. The van der Waals surface area contributed by atoms with Gasteiger partial charge in [-0.15, -0.1) is 0 Å². The predicted molar refractivity (Wildman–Crippen MR) is 79.9 cm³/mol. The van der Waals surface area contributed by atoms with Crippen molar-refractivity contribution in [1.29, 1.82) is 0 Å². The molecule has 0 radical (unpaired) electrons. The SMILES string of the molecule is CCCC(CC)NCc1ccc(-c2ccc(F)cc2)o1. The van der Waals surface area contributed by atoms with Crippen LogP contribution in [0.5, 0.6) is 0 Å². The first-order valence-electron chi connectivity index (χ1n) is 7.31. The van der Waals surface area contributed by atoms with Crippen molar-refractivity contribution in [3.05, 3.63) is 48.0 Å². The molecular formula is C17H22FNO. The number of hydrogen-bond acceptors (Lipinski definition) is 2. The average molecular weight is 275 g/mol. The molecule has 0 saturated carbocycles. The van der Waals surface area contributed by atoms with Crippen LogP contribution in [0.3, 0.4) is 0 Å². The summed E-state index contributed by atoms with van der Waals surface area (Å²) in [6.07, 6.45) is 3.49. The van der Waals surface area contributed by atoms with Gasteiger partial charge in [-0.1, -0.05) is 20.3 Å². The van der Waals surface area contributed by atoms with Gasteiger partial charge in [0, 0.05) is 11.6 Å². The fourth-order valence-electron chi connectivity index (χ4n) is 2.29. The number of nitrogens with one attached hydrogen (secondary N) is 1. The molecule has 0 aliphatic rings. The molecule has 1 aromatic heterocycles. The summed E-state index contributed by atoms with van der Waals surface area (Å²) < 4.78 is 18.7. The standard InChI is InChI=1S/C17H22FNO/c1-3-5-15(4-2)19-12-16-10-11-17(20-16)13-6-8-14(18)9-7-13/h6-11,15,19H,3-5,12H2,1-2H3. The van der Waals surface area contributed by atoms with E-state index in [1.807, 2.05) is 12.1 Å². The Morgan fingerprint density at radius 2 is 1.85 bits per heavy atom. The molecule has 0 saturated heterocycles.